The number of alkyl halides is 3. The number of aromatic nitrogens is 1. The number of anilines is 1. The molecule has 0 bridgehead atoms. The Morgan fingerprint density at radius 2 is 2.05 bits per heavy atom. The van der Waals surface area contributed by atoms with Gasteiger partial charge in [0.25, 0.3) is 0 Å². The van der Waals surface area contributed by atoms with Gasteiger partial charge < -0.3 is 10.4 Å². The van der Waals surface area contributed by atoms with Gasteiger partial charge in [-0.25, -0.2) is 9.78 Å². The molecular weight excluding hydrogens is 261 g/mol. The Kier molecular flexibility index (Phi) is 5.14. The van der Waals surface area contributed by atoms with Crippen molar-refractivity contribution in [2.75, 3.05) is 11.9 Å². The van der Waals surface area contributed by atoms with Crippen LogP contribution >= 0.6 is 0 Å². The van der Waals surface area contributed by atoms with Gasteiger partial charge in [0.05, 0.1) is 0 Å². The van der Waals surface area contributed by atoms with Gasteiger partial charge in [0.1, 0.15) is 11.4 Å². The highest BCUT2D eigenvalue weighted by atomic mass is 19.4. The van der Waals surface area contributed by atoms with E-state index in [9.17, 15) is 18.0 Å². The zero-order valence-corrected chi connectivity index (χ0v) is 10.4. The predicted molar refractivity (Wildman–Crippen MR) is 64.3 cm³/mol. The van der Waals surface area contributed by atoms with E-state index >= 15 is 0 Å². The molecule has 0 fully saturated rings. The summed E-state index contributed by atoms with van der Waals surface area (Å²) >= 11 is 0. The maximum absolute atomic E-state index is 11.9. The van der Waals surface area contributed by atoms with Crippen LogP contribution in [0.25, 0.3) is 0 Å². The summed E-state index contributed by atoms with van der Waals surface area (Å²) in [4.78, 5) is 15.0. The fourth-order valence-corrected chi connectivity index (χ4v) is 1.52. The first-order valence-electron chi connectivity index (χ1n) is 5.81. The summed E-state index contributed by atoms with van der Waals surface area (Å²) in [6, 6.07) is 2.99. The molecule has 0 saturated carbocycles. The molecule has 2 N–H and O–H groups in total. The number of nitrogens with one attached hydrogen (secondary N) is 1. The third-order valence-corrected chi connectivity index (χ3v) is 2.44. The van der Waals surface area contributed by atoms with E-state index in [4.69, 9.17) is 5.11 Å². The molecular formula is C12H15F3N2O2. The van der Waals surface area contributed by atoms with Crippen molar-refractivity contribution in [3.05, 3.63) is 23.4 Å². The molecule has 1 heterocycles. The van der Waals surface area contributed by atoms with Crippen molar-refractivity contribution in [1.29, 1.82) is 0 Å². The molecule has 4 nitrogen and oxygen atoms in total. The van der Waals surface area contributed by atoms with Gasteiger partial charge in [-0.1, -0.05) is 0 Å². The number of rotatable bonds is 6. The lowest BCUT2D eigenvalue weighted by molar-refractivity contribution is -0.135. The van der Waals surface area contributed by atoms with Crippen molar-refractivity contribution in [2.24, 2.45) is 0 Å². The number of hydrogen-bond donors (Lipinski definition) is 2. The van der Waals surface area contributed by atoms with Crippen molar-refractivity contribution in [1.82, 2.24) is 4.98 Å². The normalized spacial score (nSPS) is 11.4. The average molecular weight is 276 g/mol. The Hall–Kier alpha value is -1.79. The maximum Gasteiger partial charge on any atom is 0.389 e. The highest BCUT2D eigenvalue weighted by Gasteiger charge is 2.25. The first kappa shape index (κ1) is 15.3. The van der Waals surface area contributed by atoms with Gasteiger partial charge >= 0.3 is 12.1 Å². The predicted octanol–water partition coefficient (Wildman–Crippen LogP) is 3.23. The minimum atomic E-state index is -4.15. The number of pyridine rings is 1. The molecule has 0 aromatic carbocycles. The van der Waals surface area contributed by atoms with Gasteiger partial charge in [0.15, 0.2) is 0 Å². The number of carboxylic acid groups (broad SMARTS) is 1. The molecule has 0 spiro atoms. The number of nitrogens with zero attached hydrogens (tertiary/aromatic N) is 1. The van der Waals surface area contributed by atoms with E-state index in [1.165, 1.54) is 6.07 Å². The van der Waals surface area contributed by atoms with Gasteiger partial charge in [0, 0.05) is 18.7 Å². The molecule has 0 aliphatic heterocycles. The molecule has 0 unspecified atom stereocenters. The van der Waals surface area contributed by atoms with Crippen molar-refractivity contribution >= 4 is 11.8 Å². The molecule has 0 aliphatic carbocycles. The van der Waals surface area contributed by atoms with Gasteiger partial charge in [-0.15, -0.1) is 0 Å². The lowest BCUT2D eigenvalue weighted by Crippen LogP contribution is -2.12. The second kappa shape index (κ2) is 6.40. The van der Waals surface area contributed by atoms with Crippen LogP contribution in [0.3, 0.4) is 0 Å². The SMILES string of the molecule is Cc1ccc(C(=O)O)c(NCCCCC(F)(F)F)n1. The smallest absolute Gasteiger partial charge is 0.389 e. The van der Waals surface area contributed by atoms with E-state index in [-0.39, 0.29) is 24.3 Å². The molecule has 106 valence electrons. The summed E-state index contributed by atoms with van der Waals surface area (Å²) in [6.45, 7) is 1.97. The Labute approximate surface area is 108 Å². The Balaban J connectivity index is 2.49. The minimum Gasteiger partial charge on any atom is -0.478 e. The molecule has 0 aliphatic rings. The zero-order valence-electron chi connectivity index (χ0n) is 10.4. The Bertz CT molecular complexity index is 447. The third kappa shape index (κ3) is 5.58. The van der Waals surface area contributed by atoms with Gasteiger partial charge in [-0.3, -0.25) is 0 Å². The van der Waals surface area contributed by atoms with Crippen LogP contribution in [0.1, 0.15) is 35.3 Å². The van der Waals surface area contributed by atoms with Crippen molar-refractivity contribution in [3.63, 3.8) is 0 Å². The lowest BCUT2D eigenvalue weighted by atomic mass is 10.2. The number of halogens is 3. The number of unbranched alkanes of at least 4 members (excludes halogenated alkanes) is 1. The molecule has 0 amide bonds. The number of aromatic carboxylic acids is 1. The summed E-state index contributed by atoms with van der Waals surface area (Å²) in [5, 5.41) is 11.7. The maximum atomic E-state index is 11.9. The number of aryl methyl sites for hydroxylation is 1. The molecule has 1 aromatic heterocycles. The first-order chi connectivity index (χ1) is 8.79. The highest BCUT2D eigenvalue weighted by molar-refractivity contribution is 5.93. The number of carboxylic acids is 1. The molecule has 0 radical (unpaired) electrons. The van der Waals surface area contributed by atoms with Crippen LogP contribution in [0.2, 0.25) is 0 Å². The van der Waals surface area contributed by atoms with Crippen LogP contribution in [-0.2, 0) is 0 Å². The second-order valence-electron chi connectivity index (χ2n) is 4.15. The van der Waals surface area contributed by atoms with Crippen LogP contribution in [0, 0.1) is 6.92 Å². The molecule has 0 atom stereocenters. The molecule has 7 heteroatoms. The second-order valence-corrected chi connectivity index (χ2v) is 4.15. The van der Waals surface area contributed by atoms with Gasteiger partial charge in [-0.2, -0.15) is 13.2 Å². The topological polar surface area (TPSA) is 62.2 Å². The number of hydrogen-bond acceptors (Lipinski definition) is 3. The molecule has 1 aromatic rings. The third-order valence-electron chi connectivity index (χ3n) is 2.44. The van der Waals surface area contributed by atoms with E-state index in [0.29, 0.717) is 12.1 Å². The lowest BCUT2D eigenvalue weighted by Gasteiger charge is -2.10. The summed E-state index contributed by atoms with van der Waals surface area (Å²) < 4.78 is 35.8. The molecule has 19 heavy (non-hydrogen) atoms. The zero-order chi connectivity index (χ0) is 14.5. The summed E-state index contributed by atoms with van der Waals surface area (Å²) in [5.74, 6) is -0.926. The summed E-state index contributed by atoms with van der Waals surface area (Å²) in [5.41, 5.74) is 0.657. The van der Waals surface area contributed by atoms with Crippen LogP contribution in [-0.4, -0.2) is 28.8 Å². The first-order valence-corrected chi connectivity index (χ1v) is 5.81. The van der Waals surface area contributed by atoms with Crippen LogP contribution < -0.4 is 5.32 Å². The van der Waals surface area contributed by atoms with Crippen molar-refractivity contribution < 1.29 is 23.1 Å². The highest BCUT2D eigenvalue weighted by Crippen LogP contribution is 2.22. The average Bonchev–Trinajstić information content (AvgIpc) is 2.26. The summed E-state index contributed by atoms with van der Waals surface area (Å²) in [7, 11) is 0. The molecule has 0 saturated heterocycles. The monoisotopic (exact) mass is 276 g/mol. The Morgan fingerprint density at radius 3 is 2.63 bits per heavy atom. The van der Waals surface area contributed by atoms with E-state index in [0.717, 1.165) is 0 Å². The largest absolute Gasteiger partial charge is 0.478 e. The van der Waals surface area contributed by atoms with Crippen molar-refractivity contribution in [2.45, 2.75) is 32.4 Å². The van der Waals surface area contributed by atoms with Crippen LogP contribution in [0.5, 0.6) is 0 Å². The quantitative estimate of drug-likeness (QED) is 0.783. The fraction of sp³-hybridized carbons (Fsp3) is 0.500. The molecule has 1 rings (SSSR count). The van der Waals surface area contributed by atoms with E-state index in [2.05, 4.69) is 10.3 Å². The van der Waals surface area contributed by atoms with E-state index in [1.54, 1.807) is 13.0 Å². The number of carbonyl (C=O) groups is 1. The van der Waals surface area contributed by atoms with Crippen LogP contribution in [0.4, 0.5) is 19.0 Å². The minimum absolute atomic E-state index is 0.00468. The standard InChI is InChI=1S/C12H15F3N2O2/c1-8-4-5-9(11(18)19)10(17-8)16-7-3-2-6-12(13,14)15/h4-5H,2-3,6-7H2,1H3,(H,16,17)(H,18,19). The van der Waals surface area contributed by atoms with Crippen molar-refractivity contribution in [3.8, 4) is 0 Å². The summed E-state index contributed by atoms with van der Waals surface area (Å²) in [6.07, 6.45) is -4.67. The van der Waals surface area contributed by atoms with Gasteiger partial charge in [-0.05, 0) is 31.9 Å². The Morgan fingerprint density at radius 1 is 1.37 bits per heavy atom. The fourth-order valence-electron chi connectivity index (χ4n) is 1.52. The van der Waals surface area contributed by atoms with Crippen LogP contribution in [0.15, 0.2) is 12.1 Å². The van der Waals surface area contributed by atoms with E-state index in [1.807, 2.05) is 0 Å². The van der Waals surface area contributed by atoms with E-state index < -0.39 is 18.6 Å². The van der Waals surface area contributed by atoms with Gasteiger partial charge in [0.2, 0.25) is 0 Å².